The van der Waals surface area contributed by atoms with Crippen molar-refractivity contribution in [1.82, 2.24) is 10.0 Å². The second-order valence-corrected chi connectivity index (χ2v) is 7.25. The number of nitrogens with one attached hydrogen (secondary N) is 2. The molecule has 1 heterocycles. The molecule has 1 saturated heterocycles. The fraction of sp³-hybridized carbons (Fsp3) is 0.600. The van der Waals surface area contributed by atoms with E-state index in [4.69, 9.17) is 4.74 Å². The molecular weight excluding hydrogens is 288 g/mol. The van der Waals surface area contributed by atoms with Crippen LogP contribution < -0.4 is 10.0 Å². The van der Waals surface area contributed by atoms with Crippen LogP contribution in [0.3, 0.4) is 0 Å². The zero-order chi connectivity index (χ0) is 15.3. The zero-order valence-electron chi connectivity index (χ0n) is 12.6. The molecule has 1 aliphatic heterocycles. The molecule has 0 aromatic heterocycles. The van der Waals surface area contributed by atoms with Crippen molar-refractivity contribution >= 4 is 10.0 Å². The summed E-state index contributed by atoms with van der Waals surface area (Å²) in [4.78, 5) is 0.328. The standard InChI is InChI=1S/C15H24N2O3S/c1-12(14-6-8-20-9-7-14)17-21(18,19)15-5-3-4-13(10-15)11-16-2/h3-5,10,12,14,16-17H,6-9,11H2,1-2H3. The molecule has 6 heteroatoms. The summed E-state index contributed by atoms with van der Waals surface area (Å²) in [7, 11) is -1.63. The van der Waals surface area contributed by atoms with Gasteiger partial charge in [0.25, 0.3) is 0 Å². The van der Waals surface area contributed by atoms with Crippen LogP contribution in [0, 0.1) is 5.92 Å². The van der Waals surface area contributed by atoms with Gasteiger partial charge in [0, 0.05) is 25.8 Å². The summed E-state index contributed by atoms with van der Waals surface area (Å²) in [6, 6.07) is 6.97. The molecule has 1 unspecified atom stereocenters. The van der Waals surface area contributed by atoms with Crippen LogP contribution in [-0.2, 0) is 21.3 Å². The lowest BCUT2D eigenvalue weighted by atomic mass is 9.94. The molecule has 0 radical (unpaired) electrons. The van der Waals surface area contributed by atoms with Gasteiger partial charge in [-0.3, -0.25) is 0 Å². The van der Waals surface area contributed by atoms with Gasteiger partial charge in [0.1, 0.15) is 0 Å². The van der Waals surface area contributed by atoms with Crippen molar-refractivity contribution in [2.24, 2.45) is 5.92 Å². The van der Waals surface area contributed by atoms with Crippen molar-refractivity contribution < 1.29 is 13.2 Å². The Morgan fingerprint density at radius 2 is 2.05 bits per heavy atom. The maximum atomic E-state index is 12.5. The molecule has 2 rings (SSSR count). The Hall–Kier alpha value is -0.950. The second-order valence-electron chi connectivity index (χ2n) is 5.54. The largest absolute Gasteiger partial charge is 0.381 e. The topological polar surface area (TPSA) is 67.4 Å². The van der Waals surface area contributed by atoms with E-state index in [1.165, 1.54) is 0 Å². The molecule has 118 valence electrons. The molecule has 0 bridgehead atoms. The third-order valence-corrected chi connectivity index (χ3v) is 5.46. The lowest BCUT2D eigenvalue weighted by molar-refractivity contribution is 0.0585. The highest BCUT2D eigenvalue weighted by Crippen LogP contribution is 2.20. The first-order valence-electron chi connectivity index (χ1n) is 7.36. The Morgan fingerprint density at radius 3 is 2.71 bits per heavy atom. The van der Waals surface area contributed by atoms with Crippen molar-refractivity contribution in [2.75, 3.05) is 20.3 Å². The van der Waals surface area contributed by atoms with Crippen molar-refractivity contribution in [2.45, 2.75) is 37.2 Å². The van der Waals surface area contributed by atoms with E-state index in [0.717, 1.165) is 18.4 Å². The molecule has 1 aromatic carbocycles. The summed E-state index contributed by atoms with van der Waals surface area (Å²) < 4.78 is 33.1. The minimum Gasteiger partial charge on any atom is -0.381 e. The fourth-order valence-corrected chi connectivity index (χ4v) is 4.03. The molecule has 1 aromatic rings. The number of sulfonamides is 1. The molecule has 1 aliphatic rings. The minimum atomic E-state index is -3.47. The van der Waals surface area contributed by atoms with Crippen molar-refractivity contribution in [3.8, 4) is 0 Å². The average Bonchev–Trinajstić information content (AvgIpc) is 2.48. The van der Waals surface area contributed by atoms with Crippen molar-refractivity contribution in [3.63, 3.8) is 0 Å². The first-order chi connectivity index (χ1) is 10.0. The lowest BCUT2D eigenvalue weighted by Gasteiger charge is -2.28. The van der Waals surface area contributed by atoms with Crippen LogP contribution in [0.4, 0.5) is 0 Å². The Labute approximate surface area is 127 Å². The molecule has 0 amide bonds. The van der Waals surface area contributed by atoms with Gasteiger partial charge >= 0.3 is 0 Å². The monoisotopic (exact) mass is 312 g/mol. The van der Waals surface area contributed by atoms with Crippen LogP contribution in [0.5, 0.6) is 0 Å². The van der Waals surface area contributed by atoms with Gasteiger partial charge in [0.15, 0.2) is 0 Å². The Balaban J connectivity index is 2.08. The quantitative estimate of drug-likeness (QED) is 0.835. The van der Waals surface area contributed by atoms with Crippen molar-refractivity contribution in [1.29, 1.82) is 0 Å². The molecule has 0 aliphatic carbocycles. The van der Waals surface area contributed by atoms with Crippen LogP contribution in [0.15, 0.2) is 29.2 Å². The molecule has 0 spiro atoms. The van der Waals surface area contributed by atoms with Crippen LogP contribution in [0.25, 0.3) is 0 Å². The van der Waals surface area contributed by atoms with Crippen LogP contribution in [0.1, 0.15) is 25.3 Å². The summed E-state index contributed by atoms with van der Waals surface area (Å²) in [5.74, 6) is 0.342. The SMILES string of the molecule is CNCc1cccc(S(=O)(=O)NC(C)C2CCOCC2)c1. The van der Waals surface area contributed by atoms with Crippen LogP contribution in [0.2, 0.25) is 0 Å². The number of rotatable bonds is 6. The Kier molecular flexibility index (Phi) is 5.75. The summed E-state index contributed by atoms with van der Waals surface area (Å²) >= 11 is 0. The van der Waals surface area contributed by atoms with Gasteiger partial charge in [-0.25, -0.2) is 13.1 Å². The van der Waals surface area contributed by atoms with E-state index in [-0.39, 0.29) is 6.04 Å². The Bertz CT molecular complexity index is 554. The maximum absolute atomic E-state index is 12.5. The molecule has 1 fully saturated rings. The smallest absolute Gasteiger partial charge is 0.240 e. The van der Waals surface area contributed by atoms with E-state index < -0.39 is 10.0 Å². The molecule has 21 heavy (non-hydrogen) atoms. The van der Waals surface area contributed by atoms with Crippen molar-refractivity contribution in [3.05, 3.63) is 29.8 Å². The van der Waals surface area contributed by atoms with Crippen LogP contribution >= 0.6 is 0 Å². The highest BCUT2D eigenvalue weighted by molar-refractivity contribution is 7.89. The molecule has 5 nitrogen and oxygen atoms in total. The van der Waals surface area contributed by atoms with Crippen LogP contribution in [-0.4, -0.2) is 34.7 Å². The highest BCUT2D eigenvalue weighted by atomic mass is 32.2. The first-order valence-corrected chi connectivity index (χ1v) is 8.85. The number of hydrogen-bond donors (Lipinski definition) is 2. The van der Waals surface area contributed by atoms with E-state index in [0.29, 0.717) is 30.6 Å². The van der Waals surface area contributed by atoms with Gasteiger partial charge in [-0.05, 0) is 50.4 Å². The normalized spacial score (nSPS) is 18.6. The first kappa shape index (κ1) is 16.4. The van der Waals surface area contributed by atoms with E-state index in [9.17, 15) is 8.42 Å². The van der Waals surface area contributed by atoms with Gasteiger partial charge in [0.05, 0.1) is 4.90 Å². The van der Waals surface area contributed by atoms with Gasteiger partial charge in [-0.1, -0.05) is 12.1 Å². The number of ether oxygens (including phenoxy) is 1. The highest BCUT2D eigenvalue weighted by Gasteiger charge is 2.25. The average molecular weight is 312 g/mol. The zero-order valence-corrected chi connectivity index (χ0v) is 13.4. The third kappa shape index (κ3) is 4.51. The summed E-state index contributed by atoms with van der Waals surface area (Å²) in [5, 5.41) is 3.03. The number of benzene rings is 1. The summed E-state index contributed by atoms with van der Waals surface area (Å²) in [6.45, 7) is 4.02. The third-order valence-electron chi connectivity index (χ3n) is 3.90. The van der Waals surface area contributed by atoms with E-state index in [1.807, 2.05) is 20.0 Å². The second kappa shape index (κ2) is 7.35. The lowest BCUT2D eigenvalue weighted by Crippen LogP contribution is -2.40. The summed E-state index contributed by atoms with van der Waals surface area (Å²) in [5.41, 5.74) is 0.957. The molecule has 1 atom stereocenters. The number of hydrogen-bond acceptors (Lipinski definition) is 4. The molecule has 0 saturated carbocycles. The predicted molar refractivity (Wildman–Crippen MR) is 82.5 cm³/mol. The summed E-state index contributed by atoms with van der Waals surface area (Å²) in [6.07, 6.45) is 1.81. The fourth-order valence-electron chi connectivity index (χ4n) is 2.65. The molecular formula is C15H24N2O3S. The van der Waals surface area contributed by atoms with E-state index in [1.54, 1.807) is 18.2 Å². The minimum absolute atomic E-state index is 0.0770. The Morgan fingerprint density at radius 1 is 1.33 bits per heavy atom. The van der Waals surface area contributed by atoms with E-state index in [2.05, 4.69) is 10.0 Å². The van der Waals surface area contributed by atoms with Gasteiger partial charge < -0.3 is 10.1 Å². The van der Waals surface area contributed by atoms with Gasteiger partial charge in [0.2, 0.25) is 10.0 Å². The van der Waals surface area contributed by atoms with E-state index >= 15 is 0 Å². The van der Waals surface area contributed by atoms with Gasteiger partial charge in [-0.15, -0.1) is 0 Å². The maximum Gasteiger partial charge on any atom is 0.240 e. The molecule has 2 N–H and O–H groups in total. The predicted octanol–water partition coefficient (Wildman–Crippen LogP) is 1.50. The van der Waals surface area contributed by atoms with Gasteiger partial charge in [-0.2, -0.15) is 0 Å².